The summed E-state index contributed by atoms with van der Waals surface area (Å²) in [5.41, 5.74) is 6.89. The average Bonchev–Trinajstić information content (AvgIpc) is 2.30. The lowest BCUT2D eigenvalue weighted by Gasteiger charge is -2.53. The molecule has 0 aromatic heterocycles. The van der Waals surface area contributed by atoms with Crippen LogP contribution in [0.1, 0.15) is 38.2 Å². The van der Waals surface area contributed by atoms with E-state index in [0.29, 0.717) is 5.02 Å². The van der Waals surface area contributed by atoms with Gasteiger partial charge in [0.25, 0.3) is 0 Å². The Morgan fingerprint density at radius 3 is 2.59 bits per heavy atom. The van der Waals surface area contributed by atoms with E-state index in [1.165, 1.54) is 12.1 Å². The first-order valence-corrected chi connectivity index (χ1v) is 6.55. The minimum atomic E-state index is -0.412. The van der Waals surface area contributed by atoms with Crippen molar-refractivity contribution in [3.05, 3.63) is 33.6 Å². The Bertz CT molecular complexity index is 449. The maximum atomic E-state index is 13.5. The van der Waals surface area contributed by atoms with Crippen LogP contribution in [0.4, 0.5) is 4.39 Å². The van der Waals surface area contributed by atoms with E-state index >= 15 is 0 Å². The molecule has 1 saturated carbocycles. The van der Waals surface area contributed by atoms with E-state index in [4.69, 9.17) is 28.9 Å². The number of hydrogen-bond donors (Lipinski definition) is 1. The van der Waals surface area contributed by atoms with Crippen LogP contribution in [0.15, 0.2) is 12.1 Å². The summed E-state index contributed by atoms with van der Waals surface area (Å²) in [4.78, 5) is 0. The summed E-state index contributed by atoms with van der Waals surface area (Å²) < 4.78 is 13.5. The fourth-order valence-electron chi connectivity index (χ4n) is 2.69. The second kappa shape index (κ2) is 4.42. The second-order valence-electron chi connectivity index (χ2n) is 5.04. The van der Waals surface area contributed by atoms with Gasteiger partial charge in [0.05, 0.1) is 5.02 Å². The van der Waals surface area contributed by atoms with Crippen molar-refractivity contribution in [3.63, 3.8) is 0 Å². The molecule has 0 heterocycles. The van der Waals surface area contributed by atoms with Crippen molar-refractivity contribution in [3.8, 4) is 0 Å². The van der Waals surface area contributed by atoms with E-state index in [2.05, 4.69) is 13.8 Å². The Balaban J connectivity index is 2.39. The SMILES string of the molecule is CCC1(C)C(N)CC1c1cc(F)c(Cl)cc1Cl. The molecule has 4 heteroatoms. The van der Waals surface area contributed by atoms with E-state index in [9.17, 15) is 4.39 Å². The first kappa shape index (κ1) is 13.1. The van der Waals surface area contributed by atoms with Gasteiger partial charge in [-0.1, -0.05) is 37.0 Å². The normalized spacial score (nSPS) is 32.4. The van der Waals surface area contributed by atoms with Crippen LogP contribution in [-0.2, 0) is 0 Å². The van der Waals surface area contributed by atoms with Crippen molar-refractivity contribution in [1.82, 2.24) is 0 Å². The van der Waals surface area contributed by atoms with Gasteiger partial charge in [0.15, 0.2) is 0 Å². The summed E-state index contributed by atoms with van der Waals surface area (Å²) in [6.07, 6.45) is 1.81. The smallest absolute Gasteiger partial charge is 0.142 e. The fourth-order valence-corrected chi connectivity index (χ4v) is 3.20. The number of halogens is 3. The van der Waals surface area contributed by atoms with Gasteiger partial charge in [-0.3, -0.25) is 0 Å². The third-order valence-corrected chi connectivity index (χ3v) is 4.93. The van der Waals surface area contributed by atoms with Crippen LogP contribution in [0.5, 0.6) is 0 Å². The van der Waals surface area contributed by atoms with Gasteiger partial charge in [-0.2, -0.15) is 0 Å². The highest BCUT2D eigenvalue weighted by molar-refractivity contribution is 6.35. The number of nitrogens with two attached hydrogens (primary N) is 1. The summed E-state index contributed by atoms with van der Waals surface area (Å²) in [6.45, 7) is 4.24. The molecule has 94 valence electrons. The highest BCUT2D eigenvalue weighted by Crippen LogP contribution is 2.55. The molecule has 0 amide bonds. The molecule has 3 atom stereocenters. The number of rotatable bonds is 2. The maximum Gasteiger partial charge on any atom is 0.142 e. The first-order valence-electron chi connectivity index (χ1n) is 5.80. The minimum absolute atomic E-state index is 0.00388. The fraction of sp³-hybridized carbons (Fsp3) is 0.538. The van der Waals surface area contributed by atoms with Crippen LogP contribution in [0.2, 0.25) is 10.0 Å². The van der Waals surface area contributed by atoms with Gasteiger partial charge in [0.2, 0.25) is 0 Å². The molecule has 0 radical (unpaired) electrons. The monoisotopic (exact) mass is 275 g/mol. The Morgan fingerprint density at radius 1 is 1.41 bits per heavy atom. The van der Waals surface area contributed by atoms with Gasteiger partial charge in [0.1, 0.15) is 5.82 Å². The molecular formula is C13H16Cl2FN. The second-order valence-corrected chi connectivity index (χ2v) is 5.86. The molecule has 1 aliphatic carbocycles. The highest BCUT2D eigenvalue weighted by Gasteiger charge is 2.49. The zero-order chi connectivity index (χ0) is 12.8. The van der Waals surface area contributed by atoms with Crippen LogP contribution in [0.25, 0.3) is 0 Å². The van der Waals surface area contributed by atoms with E-state index in [-0.39, 0.29) is 22.4 Å². The lowest BCUT2D eigenvalue weighted by Crippen LogP contribution is -2.54. The minimum Gasteiger partial charge on any atom is -0.327 e. The van der Waals surface area contributed by atoms with Crippen molar-refractivity contribution in [2.24, 2.45) is 11.1 Å². The van der Waals surface area contributed by atoms with Crippen LogP contribution in [0, 0.1) is 11.2 Å². The van der Waals surface area contributed by atoms with Crippen molar-refractivity contribution in [2.45, 2.75) is 38.6 Å². The molecule has 2 rings (SSSR count). The van der Waals surface area contributed by atoms with E-state index < -0.39 is 5.82 Å². The standard InChI is InChI=1S/C13H16Cl2FN/c1-3-13(2)8(5-12(13)17)7-4-11(16)10(15)6-9(7)14/h4,6,8,12H,3,5,17H2,1-2H3. The lowest BCUT2D eigenvalue weighted by atomic mass is 9.54. The Morgan fingerprint density at radius 2 is 2.06 bits per heavy atom. The Kier molecular flexibility index (Phi) is 3.41. The predicted molar refractivity (Wildman–Crippen MR) is 70.2 cm³/mol. The van der Waals surface area contributed by atoms with Crippen molar-refractivity contribution < 1.29 is 4.39 Å². The van der Waals surface area contributed by atoms with E-state index in [1.807, 2.05) is 0 Å². The van der Waals surface area contributed by atoms with Crippen LogP contribution in [0.3, 0.4) is 0 Å². The van der Waals surface area contributed by atoms with Gasteiger partial charge in [-0.15, -0.1) is 0 Å². The van der Waals surface area contributed by atoms with E-state index in [0.717, 1.165) is 18.4 Å². The molecule has 1 aromatic rings. The summed E-state index contributed by atoms with van der Waals surface area (Å²) in [6, 6.07) is 3.09. The van der Waals surface area contributed by atoms with Gasteiger partial charge >= 0.3 is 0 Å². The third kappa shape index (κ3) is 1.96. The average molecular weight is 276 g/mol. The van der Waals surface area contributed by atoms with Gasteiger partial charge in [-0.05, 0) is 41.9 Å². The topological polar surface area (TPSA) is 26.0 Å². The molecule has 0 bridgehead atoms. The van der Waals surface area contributed by atoms with Gasteiger partial charge < -0.3 is 5.73 Å². The van der Waals surface area contributed by atoms with Crippen LogP contribution in [-0.4, -0.2) is 6.04 Å². The van der Waals surface area contributed by atoms with Crippen LogP contribution < -0.4 is 5.73 Å². The van der Waals surface area contributed by atoms with Crippen molar-refractivity contribution in [2.75, 3.05) is 0 Å². The molecule has 0 saturated heterocycles. The summed E-state index contributed by atoms with van der Waals surface area (Å²) in [7, 11) is 0. The third-order valence-electron chi connectivity index (χ3n) is 4.31. The summed E-state index contributed by atoms with van der Waals surface area (Å²) >= 11 is 11.9. The molecule has 0 aliphatic heterocycles. The summed E-state index contributed by atoms with van der Waals surface area (Å²) in [5, 5.41) is 0.605. The lowest BCUT2D eigenvalue weighted by molar-refractivity contribution is 0.0705. The van der Waals surface area contributed by atoms with Crippen molar-refractivity contribution >= 4 is 23.2 Å². The highest BCUT2D eigenvalue weighted by atomic mass is 35.5. The molecule has 1 aliphatic rings. The quantitative estimate of drug-likeness (QED) is 0.798. The van der Waals surface area contributed by atoms with Crippen LogP contribution >= 0.6 is 23.2 Å². The largest absolute Gasteiger partial charge is 0.327 e. The maximum absolute atomic E-state index is 13.5. The molecule has 3 unspecified atom stereocenters. The zero-order valence-corrected chi connectivity index (χ0v) is 11.4. The molecule has 1 aromatic carbocycles. The molecule has 2 N–H and O–H groups in total. The first-order chi connectivity index (χ1) is 7.90. The Hall–Kier alpha value is -0.310. The molecular weight excluding hydrogens is 260 g/mol. The van der Waals surface area contributed by atoms with Gasteiger partial charge in [-0.25, -0.2) is 4.39 Å². The zero-order valence-electron chi connectivity index (χ0n) is 9.93. The number of hydrogen-bond acceptors (Lipinski definition) is 1. The Labute approximate surface area is 111 Å². The molecule has 1 fully saturated rings. The number of benzene rings is 1. The summed E-state index contributed by atoms with van der Waals surface area (Å²) in [5.74, 6) is -0.188. The molecule has 0 spiro atoms. The van der Waals surface area contributed by atoms with Crippen molar-refractivity contribution in [1.29, 1.82) is 0 Å². The molecule has 17 heavy (non-hydrogen) atoms. The molecule has 1 nitrogen and oxygen atoms in total. The predicted octanol–water partition coefficient (Wildman–Crippen LogP) is 4.36. The van der Waals surface area contributed by atoms with E-state index in [1.54, 1.807) is 0 Å². The van der Waals surface area contributed by atoms with Gasteiger partial charge in [0, 0.05) is 11.1 Å².